The number of hydrogen-bond acceptors (Lipinski definition) is 0. The summed E-state index contributed by atoms with van der Waals surface area (Å²) >= 11 is 0. The highest BCUT2D eigenvalue weighted by Gasteiger charge is 2.24. The minimum Gasteiger partial charge on any atom is -0.0842 e. The molecule has 0 saturated carbocycles. The largest absolute Gasteiger partial charge is 0.0842 e. The first-order valence-electron chi connectivity index (χ1n) is 8.61. The molecule has 0 aromatic heterocycles. The second-order valence-corrected chi connectivity index (χ2v) is 7.18. The molecule has 0 nitrogen and oxygen atoms in total. The molecule has 3 rings (SSSR count). The number of hydrogen-bond donors (Lipinski definition) is 0. The molecule has 2 atom stereocenters. The van der Waals surface area contributed by atoms with Crippen LogP contribution in [0.1, 0.15) is 59.3 Å². The van der Waals surface area contributed by atoms with E-state index in [-0.39, 0.29) is 0 Å². The Morgan fingerprint density at radius 1 is 0.952 bits per heavy atom. The topological polar surface area (TPSA) is 0 Å². The zero-order valence-corrected chi connectivity index (χ0v) is 13.8. The smallest absolute Gasteiger partial charge is 0.0147 e. The summed E-state index contributed by atoms with van der Waals surface area (Å²) in [6.07, 6.45) is 19.2. The molecule has 0 saturated heterocycles. The van der Waals surface area contributed by atoms with Crippen molar-refractivity contribution >= 4 is 0 Å². The Morgan fingerprint density at radius 3 is 2.48 bits per heavy atom. The van der Waals surface area contributed by atoms with Gasteiger partial charge in [0.1, 0.15) is 0 Å². The van der Waals surface area contributed by atoms with Crippen LogP contribution in [0.3, 0.4) is 0 Å². The molecule has 0 heterocycles. The summed E-state index contributed by atoms with van der Waals surface area (Å²) in [5, 5.41) is 0. The first-order valence-corrected chi connectivity index (χ1v) is 8.61. The van der Waals surface area contributed by atoms with Crippen molar-refractivity contribution in [3.8, 4) is 0 Å². The summed E-state index contributed by atoms with van der Waals surface area (Å²) in [6.45, 7) is 7.16. The zero-order valence-electron chi connectivity index (χ0n) is 13.8. The van der Waals surface area contributed by atoms with Crippen LogP contribution >= 0.6 is 0 Å². The molecule has 0 aromatic carbocycles. The lowest BCUT2D eigenvalue weighted by molar-refractivity contribution is 0.491. The van der Waals surface area contributed by atoms with E-state index in [4.69, 9.17) is 0 Å². The van der Waals surface area contributed by atoms with Gasteiger partial charge >= 0.3 is 0 Å². The van der Waals surface area contributed by atoms with Crippen molar-refractivity contribution in [1.82, 2.24) is 0 Å². The van der Waals surface area contributed by atoms with Crippen LogP contribution in [0.2, 0.25) is 0 Å². The molecular formula is C21H28. The first kappa shape index (κ1) is 14.6. The van der Waals surface area contributed by atoms with Gasteiger partial charge in [-0.2, -0.15) is 0 Å². The van der Waals surface area contributed by atoms with Gasteiger partial charge in [-0.15, -0.1) is 0 Å². The standard InChI is InChI=1S/C21H28/c1-15-9-11-20(16(2)13-15)21-12-10-19(14-17(21)3)18-7-5-4-6-8-18/h4-5,7,10,12,15,17H,6,8-9,11,13-14H2,1-3H3. The molecule has 0 N–H and O–H groups in total. The molecule has 0 amide bonds. The maximum Gasteiger partial charge on any atom is -0.0147 e. The van der Waals surface area contributed by atoms with Gasteiger partial charge < -0.3 is 0 Å². The Bertz CT molecular complexity index is 563. The maximum absolute atomic E-state index is 2.43. The third-order valence-electron chi connectivity index (χ3n) is 5.35. The lowest BCUT2D eigenvalue weighted by atomic mass is 9.75. The van der Waals surface area contributed by atoms with E-state index in [0.717, 1.165) is 5.92 Å². The molecule has 21 heavy (non-hydrogen) atoms. The van der Waals surface area contributed by atoms with E-state index in [9.17, 15) is 0 Å². The van der Waals surface area contributed by atoms with Gasteiger partial charge in [0, 0.05) is 0 Å². The third kappa shape index (κ3) is 3.15. The van der Waals surface area contributed by atoms with Gasteiger partial charge in [0.15, 0.2) is 0 Å². The summed E-state index contributed by atoms with van der Waals surface area (Å²) in [6, 6.07) is 0. The van der Waals surface area contributed by atoms with Crippen LogP contribution < -0.4 is 0 Å². The van der Waals surface area contributed by atoms with Crippen LogP contribution in [0.15, 0.2) is 58.2 Å². The van der Waals surface area contributed by atoms with Crippen molar-refractivity contribution in [2.75, 3.05) is 0 Å². The van der Waals surface area contributed by atoms with Crippen molar-refractivity contribution in [3.63, 3.8) is 0 Å². The molecule has 3 aliphatic rings. The molecule has 0 bridgehead atoms. The second kappa shape index (κ2) is 6.22. The molecule has 0 fully saturated rings. The lowest BCUT2D eigenvalue weighted by Crippen LogP contribution is -2.14. The van der Waals surface area contributed by atoms with Gasteiger partial charge in [-0.1, -0.05) is 49.8 Å². The third-order valence-corrected chi connectivity index (χ3v) is 5.35. The van der Waals surface area contributed by atoms with Crippen LogP contribution in [0.5, 0.6) is 0 Å². The lowest BCUT2D eigenvalue weighted by Gasteiger charge is -2.30. The fraction of sp³-hybridized carbons (Fsp3) is 0.524. The Hall–Kier alpha value is -1.30. The Morgan fingerprint density at radius 2 is 1.81 bits per heavy atom. The van der Waals surface area contributed by atoms with Crippen molar-refractivity contribution < 1.29 is 0 Å². The molecular weight excluding hydrogens is 252 g/mol. The molecule has 2 unspecified atom stereocenters. The normalized spacial score (nSPS) is 30.0. The average molecular weight is 280 g/mol. The fourth-order valence-electron chi connectivity index (χ4n) is 4.11. The van der Waals surface area contributed by atoms with Crippen LogP contribution in [0, 0.1) is 11.8 Å². The summed E-state index contributed by atoms with van der Waals surface area (Å²) < 4.78 is 0. The van der Waals surface area contributed by atoms with E-state index < -0.39 is 0 Å². The highest BCUT2D eigenvalue weighted by molar-refractivity contribution is 5.48. The van der Waals surface area contributed by atoms with Crippen LogP contribution in [-0.2, 0) is 0 Å². The highest BCUT2D eigenvalue weighted by atomic mass is 14.3. The van der Waals surface area contributed by atoms with Gasteiger partial charge in [0.2, 0.25) is 0 Å². The van der Waals surface area contributed by atoms with Crippen LogP contribution in [-0.4, -0.2) is 0 Å². The predicted octanol–water partition coefficient (Wildman–Crippen LogP) is 6.29. The van der Waals surface area contributed by atoms with Crippen molar-refractivity contribution in [1.29, 1.82) is 0 Å². The van der Waals surface area contributed by atoms with Gasteiger partial charge in [-0.25, -0.2) is 0 Å². The number of allylic oxidation sites excluding steroid dienone is 10. The quantitative estimate of drug-likeness (QED) is 0.557. The Balaban J connectivity index is 1.86. The molecule has 112 valence electrons. The van der Waals surface area contributed by atoms with Gasteiger partial charge in [0.25, 0.3) is 0 Å². The van der Waals surface area contributed by atoms with Crippen molar-refractivity contribution in [3.05, 3.63) is 58.2 Å². The zero-order chi connectivity index (χ0) is 14.8. The number of rotatable bonds is 2. The monoisotopic (exact) mass is 280 g/mol. The van der Waals surface area contributed by atoms with E-state index in [0.29, 0.717) is 5.92 Å². The van der Waals surface area contributed by atoms with E-state index in [1.807, 2.05) is 0 Å². The molecule has 0 spiro atoms. The van der Waals surface area contributed by atoms with Crippen molar-refractivity contribution in [2.45, 2.75) is 59.3 Å². The van der Waals surface area contributed by atoms with Gasteiger partial charge in [-0.3, -0.25) is 0 Å². The molecule has 0 aromatic rings. The average Bonchev–Trinajstić information content (AvgIpc) is 2.49. The second-order valence-electron chi connectivity index (χ2n) is 7.18. The maximum atomic E-state index is 2.43. The highest BCUT2D eigenvalue weighted by Crippen LogP contribution is 2.40. The van der Waals surface area contributed by atoms with Crippen LogP contribution in [0.4, 0.5) is 0 Å². The molecule has 0 heteroatoms. The van der Waals surface area contributed by atoms with E-state index >= 15 is 0 Å². The fourth-order valence-corrected chi connectivity index (χ4v) is 4.11. The van der Waals surface area contributed by atoms with E-state index in [2.05, 4.69) is 51.2 Å². The Labute approximate surface area is 130 Å². The van der Waals surface area contributed by atoms with E-state index in [1.54, 1.807) is 27.9 Å². The first-order chi connectivity index (χ1) is 10.1. The summed E-state index contributed by atoms with van der Waals surface area (Å²) in [7, 11) is 0. The molecule has 3 aliphatic carbocycles. The predicted molar refractivity (Wildman–Crippen MR) is 92.1 cm³/mol. The van der Waals surface area contributed by atoms with Gasteiger partial charge in [-0.05, 0) is 79.6 Å². The SMILES string of the molecule is CC1=C(C2=CC=C(C3=CC=CCC3)CC2C)CCC(C)C1. The molecule has 0 radical (unpaired) electrons. The minimum atomic E-state index is 0.676. The van der Waals surface area contributed by atoms with Gasteiger partial charge in [0.05, 0.1) is 0 Å². The summed E-state index contributed by atoms with van der Waals surface area (Å²) in [5.41, 5.74) is 8.06. The summed E-state index contributed by atoms with van der Waals surface area (Å²) in [5.74, 6) is 1.55. The Kier molecular flexibility index (Phi) is 4.33. The van der Waals surface area contributed by atoms with Crippen LogP contribution in [0.25, 0.3) is 0 Å². The van der Waals surface area contributed by atoms with E-state index in [1.165, 1.54) is 38.5 Å². The minimum absolute atomic E-state index is 0.676. The van der Waals surface area contributed by atoms with Crippen molar-refractivity contribution in [2.24, 2.45) is 11.8 Å². The summed E-state index contributed by atoms with van der Waals surface area (Å²) in [4.78, 5) is 0. The molecule has 0 aliphatic heterocycles.